The van der Waals surface area contributed by atoms with Gasteiger partial charge in [-0.3, -0.25) is 5.32 Å². The van der Waals surface area contributed by atoms with Gasteiger partial charge in [-0.25, -0.2) is 9.78 Å². The molecule has 2 aromatic rings. The Morgan fingerprint density at radius 1 is 1.33 bits per heavy atom. The number of rotatable bonds is 3. The van der Waals surface area contributed by atoms with E-state index in [1.807, 2.05) is 20.8 Å². The van der Waals surface area contributed by atoms with Gasteiger partial charge in [0.1, 0.15) is 17.7 Å². The van der Waals surface area contributed by atoms with Gasteiger partial charge in [0.2, 0.25) is 0 Å². The number of aromatic nitrogens is 2. The van der Waals surface area contributed by atoms with Crippen LogP contribution in [-0.2, 0) is 16.3 Å². The number of nitrogens with one attached hydrogen (secondary N) is 1. The van der Waals surface area contributed by atoms with Crippen LogP contribution in [0, 0.1) is 0 Å². The van der Waals surface area contributed by atoms with Crippen molar-refractivity contribution in [3.05, 3.63) is 34.7 Å². The molecule has 1 saturated heterocycles. The topological polar surface area (TPSA) is 80.5 Å². The highest BCUT2D eigenvalue weighted by molar-refractivity contribution is 6.33. The van der Waals surface area contributed by atoms with E-state index >= 15 is 0 Å². The number of nitrogens with zero attached hydrogens (tertiary/aromatic N) is 3. The lowest BCUT2D eigenvalue weighted by molar-refractivity contribution is -0.137. The maximum atomic E-state index is 12.8. The molecule has 0 bridgehead atoms. The average Bonchev–Trinajstić information content (AvgIpc) is 3.09. The summed E-state index contributed by atoms with van der Waals surface area (Å²) in [6.45, 7) is 6.65. The first-order chi connectivity index (χ1) is 13.9. The Balaban J connectivity index is 1.61. The van der Waals surface area contributed by atoms with Crippen molar-refractivity contribution in [2.24, 2.45) is 0 Å². The summed E-state index contributed by atoms with van der Waals surface area (Å²) in [5, 5.41) is 6.22. The van der Waals surface area contributed by atoms with Crippen molar-refractivity contribution >= 4 is 29.3 Å². The highest BCUT2D eigenvalue weighted by Gasteiger charge is 2.33. The van der Waals surface area contributed by atoms with E-state index in [0.717, 1.165) is 12.3 Å². The van der Waals surface area contributed by atoms with E-state index in [4.69, 9.17) is 20.9 Å². The fourth-order valence-corrected chi connectivity index (χ4v) is 3.30. The number of hydrogen-bond acceptors (Lipinski definition) is 6. The standard InChI is InChI=1S/C19H22ClF3N4O3/c1-18(2,3)14-8-15(26-30-14)25-17(28)29-12-5-4-6-27(10-12)16-13(20)7-11(9-24-16)19(21,22)23/h7-9,12H,4-6,10H2,1-3H3,(H,25,26,28). The van der Waals surface area contributed by atoms with Gasteiger partial charge in [-0.05, 0) is 18.9 Å². The Kier molecular flexibility index (Phi) is 6.16. The molecule has 1 amide bonds. The maximum absolute atomic E-state index is 12.8. The van der Waals surface area contributed by atoms with E-state index in [9.17, 15) is 18.0 Å². The lowest BCUT2D eigenvalue weighted by atomic mass is 9.93. The summed E-state index contributed by atoms with van der Waals surface area (Å²) in [6.07, 6.45) is -3.68. The van der Waals surface area contributed by atoms with Gasteiger partial charge in [-0.1, -0.05) is 37.5 Å². The van der Waals surface area contributed by atoms with Crippen molar-refractivity contribution < 1.29 is 27.2 Å². The molecular formula is C19H22ClF3N4O3. The molecular weight excluding hydrogens is 425 g/mol. The second-order valence-electron chi connectivity index (χ2n) is 8.09. The van der Waals surface area contributed by atoms with E-state index in [1.54, 1.807) is 11.0 Å². The SMILES string of the molecule is CC(C)(C)c1cc(NC(=O)OC2CCCN(c3ncc(C(F)(F)F)cc3Cl)C2)no1. The quantitative estimate of drug-likeness (QED) is 0.693. The van der Waals surface area contributed by atoms with Crippen molar-refractivity contribution in [3.63, 3.8) is 0 Å². The van der Waals surface area contributed by atoms with Crippen LogP contribution in [0.2, 0.25) is 5.02 Å². The monoisotopic (exact) mass is 446 g/mol. The minimum absolute atomic E-state index is 0.104. The smallest absolute Gasteiger partial charge is 0.417 e. The number of hydrogen-bond donors (Lipinski definition) is 1. The number of alkyl halides is 3. The Labute approximate surface area is 176 Å². The lowest BCUT2D eigenvalue weighted by Crippen LogP contribution is -2.41. The molecule has 1 unspecified atom stereocenters. The molecule has 0 aromatic carbocycles. The third-order valence-electron chi connectivity index (χ3n) is 4.58. The number of carbonyl (C=O) groups excluding carboxylic acids is 1. The predicted octanol–water partition coefficient (Wildman–Crippen LogP) is 5.26. The van der Waals surface area contributed by atoms with E-state index < -0.39 is 23.9 Å². The first-order valence-corrected chi connectivity index (χ1v) is 9.74. The van der Waals surface area contributed by atoms with Gasteiger partial charge in [0.25, 0.3) is 0 Å². The van der Waals surface area contributed by atoms with Crippen molar-refractivity contribution in [2.45, 2.75) is 51.3 Å². The highest BCUT2D eigenvalue weighted by Crippen LogP contribution is 2.34. The summed E-state index contributed by atoms with van der Waals surface area (Å²) in [7, 11) is 0. The van der Waals surface area contributed by atoms with Crippen molar-refractivity contribution in [1.29, 1.82) is 0 Å². The summed E-state index contributed by atoms with van der Waals surface area (Å²) in [4.78, 5) is 17.8. The number of carbonyl (C=O) groups is 1. The zero-order chi connectivity index (χ0) is 22.1. The number of piperidine rings is 1. The molecule has 0 aliphatic carbocycles. The van der Waals surface area contributed by atoms with E-state index in [0.29, 0.717) is 25.1 Å². The van der Waals surface area contributed by atoms with Crippen LogP contribution >= 0.6 is 11.6 Å². The molecule has 1 aliphatic heterocycles. The summed E-state index contributed by atoms with van der Waals surface area (Å²) >= 11 is 6.03. The molecule has 0 radical (unpaired) electrons. The third-order valence-corrected chi connectivity index (χ3v) is 4.86. The van der Waals surface area contributed by atoms with E-state index in [2.05, 4.69) is 15.5 Å². The lowest BCUT2D eigenvalue weighted by Gasteiger charge is -2.33. The van der Waals surface area contributed by atoms with Crippen LogP contribution in [-0.4, -0.2) is 35.4 Å². The van der Waals surface area contributed by atoms with Gasteiger partial charge < -0.3 is 14.2 Å². The van der Waals surface area contributed by atoms with E-state index in [-0.39, 0.29) is 28.6 Å². The fraction of sp³-hybridized carbons (Fsp3) is 0.526. The van der Waals surface area contributed by atoms with Crippen LogP contribution < -0.4 is 10.2 Å². The highest BCUT2D eigenvalue weighted by atomic mass is 35.5. The molecule has 2 aromatic heterocycles. The van der Waals surface area contributed by atoms with Gasteiger partial charge in [0, 0.05) is 24.2 Å². The van der Waals surface area contributed by atoms with Crippen molar-refractivity contribution in [3.8, 4) is 0 Å². The summed E-state index contributed by atoms with van der Waals surface area (Å²) < 4.78 is 49.1. The third kappa shape index (κ3) is 5.35. The van der Waals surface area contributed by atoms with Crippen LogP contribution in [0.1, 0.15) is 44.9 Å². The van der Waals surface area contributed by atoms with Crippen molar-refractivity contribution in [2.75, 3.05) is 23.3 Å². The number of halogens is 4. The number of anilines is 2. The number of amides is 1. The fourth-order valence-electron chi connectivity index (χ4n) is 3.02. The van der Waals surface area contributed by atoms with Gasteiger partial charge in [0.15, 0.2) is 5.82 Å². The summed E-state index contributed by atoms with van der Waals surface area (Å²) in [5.41, 5.74) is -1.17. The second-order valence-corrected chi connectivity index (χ2v) is 8.50. The molecule has 1 fully saturated rings. The minimum Gasteiger partial charge on any atom is -0.444 e. The molecule has 0 saturated carbocycles. The molecule has 11 heteroatoms. The molecule has 1 N–H and O–H groups in total. The first kappa shape index (κ1) is 22.2. The first-order valence-electron chi connectivity index (χ1n) is 9.36. The summed E-state index contributed by atoms with van der Waals surface area (Å²) in [6, 6.07) is 2.47. The summed E-state index contributed by atoms with van der Waals surface area (Å²) in [5.74, 6) is 1.08. The molecule has 3 rings (SSSR count). The van der Waals surface area contributed by atoms with Crippen LogP contribution in [0.4, 0.5) is 29.6 Å². The normalized spacial score (nSPS) is 17.7. The maximum Gasteiger partial charge on any atom is 0.417 e. The Bertz CT molecular complexity index is 911. The van der Waals surface area contributed by atoms with Gasteiger partial charge >= 0.3 is 12.3 Å². The van der Waals surface area contributed by atoms with Crippen molar-refractivity contribution in [1.82, 2.24) is 10.1 Å². The van der Waals surface area contributed by atoms with Crippen LogP contribution in [0.3, 0.4) is 0 Å². The molecule has 7 nitrogen and oxygen atoms in total. The molecule has 1 aliphatic rings. The van der Waals surface area contributed by atoms with Gasteiger partial charge in [-0.2, -0.15) is 13.2 Å². The Hall–Kier alpha value is -2.49. The van der Waals surface area contributed by atoms with E-state index in [1.165, 1.54) is 0 Å². The number of pyridine rings is 1. The minimum atomic E-state index is -4.52. The Morgan fingerprint density at radius 3 is 2.67 bits per heavy atom. The second kappa shape index (κ2) is 8.33. The zero-order valence-electron chi connectivity index (χ0n) is 16.7. The van der Waals surface area contributed by atoms with Crippen LogP contribution in [0.15, 0.2) is 22.9 Å². The van der Waals surface area contributed by atoms with Gasteiger partial charge in [-0.15, -0.1) is 0 Å². The molecule has 3 heterocycles. The molecule has 164 valence electrons. The zero-order valence-corrected chi connectivity index (χ0v) is 17.5. The number of ether oxygens (including phenoxy) is 1. The van der Waals surface area contributed by atoms with Crippen LogP contribution in [0.5, 0.6) is 0 Å². The Morgan fingerprint density at radius 2 is 2.07 bits per heavy atom. The molecule has 30 heavy (non-hydrogen) atoms. The predicted molar refractivity (Wildman–Crippen MR) is 105 cm³/mol. The average molecular weight is 447 g/mol. The van der Waals surface area contributed by atoms with Gasteiger partial charge in [0.05, 0.1) is 17.1 Å². The molecule has 0 spiro atoms. The molecule has 1 atom stereocenters. The van der Waals surface area contributed by atoms with Crippen LogP contribution in [0.25, 0.3) is 0 Å². The largest absolute Gasteiger partial charge is 0.444 e.